The highest BCUT2D eigenvalue weighted by atomic mass is 79.9. The molecule has 0 bridgehead atoms. The normalized spacial score (nSPS) is 18.6. The molecule has 0 amide bonds. The molecule has 0 spiro atoms. The molecule has 1 aliphatic heterocycles. The Morgan fingerprint density at radius 1 is 1.38 bits per heavy atom. The van der Waals surface area contributed by atoms with Gasteiger partial charge in [-0.15, -0.1) is 0 Å². The molecule has 1 fully saturated rings. The number of pyridine rings is 1. The molecule has 0 saturated carbocycles. The molecule has 2 rings (SSSR count). The predicted octanol–water partition coefficient (Wildman–Crippen LogP) is 3.76. The molecule has 134 valence electrons. The zero-order chi connectivity index (χ0) is 18.1. The molecule has 1 N–H and O–H groups in total. The first-order valence-electron chi connectivity index (χ1n) is 8.41. The van der Waals surface area contributed by atoms with Gasteiger partial charge in [0.05, 0.1) is 16.3 Å². The Morgan fingerprint density at radius 3 is 2.50 bits per heavy atom. The SMILES string of the molecule is Cc1ncc(Br)c(N2CCC(C)(C)CC2)c1C(O)C(=O)OC(C)C. The number of anilines is 1. The van der Waals surface area contributed by atoms with Gasteiger partial charge in [0.25, 0.3) is 0 Å². The topological polar surface area (TPSA) is 62.7 Å². The van der Waals surface area contributed by atoms with Crippen LogP contribution in [0.3, 0.4) is 0 Å². The molecule has 5 nitrogen and oxygen atoms in total. The number of aryl methyl sites for hydroxylation is 1. The van der Waals surface area contributed by atoms with Crippen molar-refractivity contribution in [1.82, 2.24) is 4.98 Å². The third kappa shape index (κ3) is 4.28. The zero-order valence-electron chi connectivity index (χ0n) is 15.1. The molecule has 1 unspecified atom stereocenters. The van der Waals surface area contributed by atoms with Crippen LogP contribution in [0.4, 0.5) is 5.69 Å². The van der Waals surface area contributed by atoms with Gasteiger partial charge in [-0.3, -0.25) is 4.98 Å². The van der Waals surface area contributed by atoms with Crippen LogP contribution in [0.25, 0.3) is 0 Å². The molecule has 0 aromatic carbocycles. The second kappa shape index (κ2) is 7.40. The van der Waals surface area contributed by atoms with E-state index < -0.39 is 12.1 Å². The number of halogens is 1. The lowest BCUT2D eigenvalue weighted by molar-refractivity contribution is -0.157. The van der Waals surface area contributed by atoms with E-state index in [1.807, 2.05) is 6.92 Å². The highest BCUT2D eigenvalue weighted by molar-refractivity contribution is 9.10. The summed E-state index contributed by atoms with van der Waals surface area (Å²) < 4.78 is 5.98. The Morgan fingerprint density at radius 2 is 1.96 bits per heavy atom. The van der Waals surface area contributed by atoms with Gasteiger partial charge in [-0.1, -0.05) is 13.8 Å². The lowest BCUT2D eigenvalue weighted by Gasteiger charge is -2.39. The monoisotopic (exact) mass is 398 g/mol. The summed E-state index contributed by atoms with van der Waals surface area (Å²) in [4.78, 5) is 18.8. The summed E-state index contributed by atoms with van der Waals surface area (Å²) in [6.45, 7) is 11.7. The predicted molar refractivity (Wildman–Crippen MR) is 98.1 cm³/mol. The minimum atomic E-state index is -1.33. The number of hydrogen-bond acceptors (Lipinski definition) is 5. The Bertz CT molecular complexity index is 607. The number of rotatable bonds is 4. The van der Waals surface area contributed by atoms with Gasteiger partial charge in [0.15, 0.2) is 6.10 Å². The molecule has 1 saturated heterocycles. The first kappa shape index (κ1) is 19.2. The number of ether oxygens (including phenoxy) is 1. The van der Waals surface area contributed by atoms with E-state index in [0.29, 0.717) is 16.7 Å². The van der Waals surface area contributed by atoms with Crippen LogP contribution in [0.2, 0.25) is 0 Å². The number of carbonyl (C=O) groups is 1. The smallest absolute Gasteiger partial charge is 0.340 e. The molecule has 2 heterocycles. The van der Waals surface area contributed by atoms with Crippen molar-refractivity contribution in [2.75, 3.05) is 18.0 Å². The Balaban J connectivity index is 2.38. The van der Waals surface area contributed by atoms with E-state index in [1.165, 1.54) is 0 Å². The van der Waals surface area contributed by atoms with Crippen LogP contribution in [0.1, 0.15) is 57.9 Å². The van der Waals surface area contributed by atoms with Crippen molar-refractivity contribution >= 4 is 27.6 Å². The minimum absolute atomic E-state index is 0.271. The third-order valence-electron chi connectivity index (χ3n) is 4.52. The number of carbonyl (C=O) groups excluding carboxylic acids is 1. The van der Waals surface area contributed by atoms with E-state index in [2.05, 4.69) is 39.7 Å². The highest BCUT2D eigenvalue weighted by Crippen LogP contribution is 2.40. The van der Waals surface area contributed by atoms with Crippen LogP contribution in [-0.4, -0.2) is 35.3 Å². The van der Waals surface area contributed by atoms with E-state index in [9.17, 15) is 9.90 Å². The number of aliphatic hydroxyl groups is 1. The third-order valence-corrected chi connectivity index (χ3v) is 5.10. The van der Waals surface area contributed by atoms with E-state index >= 15 is 0 Å². The average molecular weight is 399 g/mol. The Hall–Kier alpha value is -1.14. The van der Waals surface area contributed by atoms with Crippen molar-refractivity contribution in [3.63, 3.8) is 0 Å². The molecule has 1 atom stereocenters. The summed E-state index contributed by atoms with van der Waals surface area (Å²) in [7, 11) is 0. The van der Waals surface area contributed by atoms with Crippen LogP contribution in [0, 0.1) is 12.3 Å². The van der Waals surface area contributed by atoms with Crippen LogP contribution in [0.5, 0.6) is 0 Å². The van der Waals surface area contributed by atoms with E-state index in [0.717, 1.165) is 36.1 Å². The Kier molecular flexibility index (Phi) is 5.91. The summed E-state index contributed by atoms with van der Waals surface area (Å²) in [6.07, 6.45) is 2.25. The van der Waals surface area contributed by atoms with Gasteiger partial charge in [-0.25, -0.2) is 4.79 Å². The van der Waals surface area contributed by atoms with Crippen LogP contribution in [-0.2, 0) is 9.53 Å². The maximum Gasteiger partial charge on any atom is 0.340 e. The highest BCUT2D eigenvalue weighted by Gasteiger charge is 2.32. The van der Waals surface area contributed by atoms with Crippen molar-refractivity contribution in [1.29, 1.82) is 0 Å². The molecule has 1 aromatic rings. The van der Waals surface area contributed by atoms with Gasteiger partial charge in [0, 0.05) is 30.5 Å². The summed E-state index contributed by atoms with van der Waals surface area (Å²) >= 11 is 3.55. The van der Waals surface area contributed by atoms with E-state index in [1.54, 1.807) is 20.0 Å². The number of esters is 1. The second-order valence-electron chi connectivity index (χ2n) is 7.49. The fraction of sp³-hybridized carbons (Fsp3) is 0.667. The number of hydrogen-bond donors (Lipinski definition) is 1. The zero-order valence-corrected chi connectivity index (χ0v) is 16.7. The van der Waals surface area contributed by atoms with Gasteiger partial charge < -0.3 is 14.7 Å². The van der Waals surface area contributed by atoms with Crippen molar-refractivity contribution in [3.05, 3.63) is 21.9 Å². The van der Waals surface area contributed by atoms with Crippen LogP contribution >= 0.6 is 15.9 Å². The fourth-order valence-corrected chi connectivity index (χ4v) is 3.55. The maximum absolute atomic E-state index is 12.2. The van der Waals surface area contributed by atoms with Gasteiger partial charge in [0.2, 0.25) is 0 Å². The number of nitrogens with zero attached hydrogens (tertiary/aromatic N) is 2. The number of aromatic nitrogens is 1. The largest absolute Gasteiger partial charge is 0.461 e. The number of piperidine rings is 1. The fourth-order valence-electron chi connectivity index (χ4n) is 2.98. The number of aliphatic hydroxyl groups excluding tert-OH is 1. The summed E-state index contributed by atoms with van der Waals surface area (Å²) in [5, 5.41) is 10.6. The van der Waals surface area contributed by atoms with Crippen molar-refractivity contribution in [3.8, 4) is 0 Å². The summed E-state index contributed by atoms with van der Waals surface area (Å²) in [6, 6.07) is 0. The molecular formula is C18H27BrN2O3. The lowest BCUT2D eigenvalue weighted by atomic mass is 9.82. The summed E-state index contributed by atoms with van der Waals surface area (Å²) in [5.74, 6) is -0.633. The Labute approximate surface area is 152 Å². The maximum atomic E-state index is 12.2. The van der Waals surface area contributed by atoms with Crippen molar-refractivity contribution in [2.45, 2.75) is 59.7 Å². The molecule has 24 heavy (non-hydrogen) atoms. The molecule has 0 radical (unpaired) electrons. The molecule has 6 heteroatoms. The second-order valence-corrected chi connectivity index (χ2v) is 8.35. The van der Waals surface area contributed by atoms with Crippen LogP contribution in [0.15, 0.2) is 10.7 Å². The van der Waals surface area contributed by atoms with E-state index in [4.69, 9.17) is 4.74 Å². The van der Waals surface area contributed by atoms with Crippen molar-refractivity contribution in [2.24, 2.45) is 5.41 Å². The van der Waals surface area contributed by atoms with Crippen LogP contribution < -0.4 is 4.90 Å². The first-order valence-corrected chi connectivity index (χ1v) is 9.20. The standard InChI is InChI=1S/C18H27BrN2O3/c1-11(2)24-17(23)16(22)14-12(3)20-10-13(19)15(14)21-8-6-18(4,5)7-9-21/h10-11,16,22H,6-9H2,1-5H3. The minimum Gasteiger partial charge on any atom is -0.461 e. The lowest BCUT2D eigenvalue weighted by Crippen LogP contribution is -2.38. The van der Waals surface area contributed by atoms with Gasteiger partial charge >= 0.3 is 5.97 Å². The molecule has 1 aromatic heterocycles. The van der Waals surface area contributed by atoms with Gasteiger partial charge in [-0.05, 0) is 55.0 Å². The van der Waals surface area contributed by atoms with Gasteiger partial charge in [-0.2, -0.15) is 0 Å². The quantitative estimate of drug-likeness (QED) is 0.782. The average Bonchev–Trinajstić information content (AvgIpc) is 2.48. The molecule has 1 aliphatic rings. The molecular weight excluding hydrogens is 372 g/mol. The first-order chi connectivity index (χ1) is 11.1. The molecule has 0 aliphatic carbocycles. The van der Waals surface area contributed by atoms with E-state index in [-0.39, 0.29) is 6.10 Å². The van der Waals surface area contributed by atoms with Gasteiger partial charge in [0.1, 0.15) is 0 Å². The summed E-state index contributed by atoms with van der Waals surface area (Å²) in [5.41, 5.74) is 2.35. The van der Waals surface area contributed by atoms with Crippen molar-refractivity contribution < 1.29 is 14.6 Å².